The number of nitrogens with one attached hydrogen (secondary N) is 1. The third kappa shape index (κ3) is 4.81. The lowest BCUT2D eigenvalue weighted by Crippen LogP contribution is -2.58. The summed E-state index contributed by atoms with van der Waals surface area (Å²) in [5, 5.41) is 23.1. The number of nitriles is 1. The van der Waals surface area contributed by atoms with Gasteiger partial charge in [0.15, 0.2) is 10.9 Å². The van der Waals surface area contributed by atoms with E-state index in [1.165, 1.54) is 0 Å². The molecule has 0 amide bonds. The highest BCUT2D eigenvalue weighted by Gasteiger charge is 2.31. The van der Waals surface area contributed by atoms with Crippen LogP contribution in [-0.4, -0.2) is 55.9 Å². The smallest absolute Gasteiger partial charge is 0.173 e. The highest BCUT2D eigenvalue weighted by atomic mass is 32.1. The molecule has 1 N–H and O–H groups in total. The number of hydrogen-bond donors (Lipinski definition) is 1. The number of pyridine rings is 2. The van der Waals surface area contributed by atoms with Gasteiger partial charge < -0.3 is 15.1 Å². The van der Waals surface area contributed by atoms with Gasteiger partial charge in [-0.05, 0) is 66.7 Å². The van der Waals surface area contributed by atoms with E-state index >= 15 is 0 Å². The average molecular weight is 495 g/mol. The molecule has 180 valence electrons. The lowest BCUT2D eigenvalue weighted by Gasteiger charge is -2.45. The molecule has 5 rings (SSSR count). The maximum atomic E-state index is 8.94. The molecule has 0 bridgehead atoms. The van der Waals surface area contributed by atoms with Crippen LogP contribution in [-0.2, 0) is 0 Å². The van der Waals surface area contributed by atoms with Crippen LogP contribution in [0.5, 0.6) is 0 Å². The molecule has 0 radical (unpaired) electrons. The Balaban J connectivity index is 1.30. The van der Waals surface area contributed by atoms with Gasteiger partial charge >= 0.3 is 0 Å². The maximum absolute atomic E-state index is 8.94. The standard InChI is InChI=1S/C27H26N8S/c1-18(2)25-17-34(26-11-10-22(32-33-26)19-8-9-20(15-28)30-16-19)13-14-35(25)27(36)31-24-7-3-6-23-21(24)5-4-12-29-23/h3-12,16,18,25H,13-14,17H2,1-2H3,(H,31,36). The van der Waals surface area contributed by atoms with Crippen LogP contribution in [0.25, 0.3) is 22.2 Å². The van der Waals surface area contributed by atoms with Gasteiger partial charge in [0, 0.05) is 48.7 Å². The van der Waals surface area contributed by atoms with Crippen LogP contribution in [0.3, 0.4) is 0 Å². The van der Waals surface area contributed by atoms with Crippen molar-refractivity contribution in [2.75, 3.05) is 29.9 Å². The molecule has 9 heteroatoms. The Hall–Kier alpha value is -4.16. The molecule has 1 fully saturated rings. The van der Waals surface area contributed by atoms with Crippen molar-refractivity contribution < 1.29 is 0 Å². The first-order valence-electron chi connectivity index (χ1n) is 11.9. The molecule has 1 aliphatic rings. The molecule has 8 nitrogen and oxygen atoms in total. The fourth-order valence-electron chi connectivity index (χ4n) is 4.50. The summed E-state index contributed by atoms with van der Waals surface area (Å²) in [6, 6.07) is 19.7. The van der Waals surface area contributed by atoms with Crippen molar-refractivity contribution in [3.05, 3.63) is 72.7 Å². The minimum Gasteiger partial charge on any atom is -0.351 e. The van der Waals surface area contributed by atoms with Crippen LogP contribution in [0.1, 0.15) is 19.5 Å². The average Bonchev–Trinajstić information content (AvgIpc) is 2.93. The highest BCUT2D eigenvalue weighted by Crippen LogP contribution is 2.26. The fraction of sp³-hybridized carbons (Fsp3) is 0.259. The van der Waals surface area contributed by atoms with Crippen LogP contribution in [0.4, 0.5) is 11.5 Å². The summed E-state index contributed by atoms with van der Waals surface area (Å²) in [4.78, 5) is 13.1. The first kappa shape index (κ1) is 23.6. The van der Waals surface area contributed by atoms with Gasteiger partial charge in [0.1, 0.15) is 11.8 Å². The van der Waals surface area contributed by atoms with Gasteiger partial charge in [-0.1, -0.05) is 19.9 Å². The molecular weight excluding hydrogens is 468 g/mol. The van der Waals surface area contributed by atoms with Gasteiger partial charge in [-0.2, -0.15) is 5.26 Å². The van der Waals surface area contributed by atoms with Crippen molar-refractivity contribution in [1.82, 2.24) is 25.1 Å². The molecule has 3 aromatic heterocycles. The Morgan fingerprint density at radius 3 is 2.67 bits per heavy atom. The number of thiocarbonyl (C=S) groups is 1. The van der Waals surface area contributed by atoms with E-state index in [0.717, 1.165) is 58.4 Å². The zero-order valence-electron chi connectivity index (χ0n) is 20.2. The zero-order valence-corrected chi connectivity index (χ0v) is 21.0. The predicted octanol–water partition coefficient (Wildman–Crippen LogP) is 4.50. The number of benzene rings is 1. The molecular formula is C27H26N8S. The van der Waals surface area contributed by atoms with Crippen molar-refractivity contribution in [1.29, 1.82) is 5.26 Å². The largest absolute Gasteiger partial charge is 0.351 e. The molecule has 4 heterocycles. The molecule has 1 saturated heterocycles. The number of nitrogens with zero attached hydrogens (tertiary/aromatic N) is 7. The number of piperazine rings is 1. The lowest BCUT2D eigenvalue weighted by atomic mass is 10.00. The molecule has 1 aromatic carbocycles. The summed E-state index contributed by atoms with van der Waals surface area (Å²) >= 11 is 5.88. The number of hydrogen-bond acceptors (Lipinski definition) is 7. The minimum atomic E-state index is 0.219. The van der Waals surface area contributed by atoms with Crippen LogP contribution in [0, 0.1) is 17.2 Å². The Morgan fingerprint density at radius 2 is 1.94 bits per heavy atom. The highest BCUT2D eigenvalue weighted by molar-refractivity contribution is 7.80. The van der Waals surface area contributed by atoms with E-state index in [2.05, 4.69) is 55.2 Å². The lowest BCUT2D eigenvalue weighted by molar-refractivity contribution is 0.227. The predicted molar refractivity (Wildman–Crippen MR) is 145 cm³/mol. The van der Waals surface area contributed by atoms with E-state index in [0.29, 0.717) is 11.6 Å². The number of aromatic nitrogens is 4. The third-order valence-electron chi connectivity index (χ3n) is 6.48. The summed E-state index contributed by atoms with van der Waals surface area (Å²) in [6.45, 7) is 6.80. The van der Waals surface area contributed by atoms with Gasteiger partial charge in [-0.25, -0.2) is 4.98 Å². The summed E-state index contributed by atoms with van der Waals surface area (Å²) < 4.78 is 0. The van der Waals surface area contributed by atoms with E-state index in [4.69, 9.17) is 17.5 Å². The minimum absolute atomic E-state index is 0.219. The number of fused-ring (bicyclic) bond motifs is 1. The third-order valence-corrected chi connectivity index (χ3v) is 6.82. The van der Waals surface area contributed by atoms with Gasteiger partial charge in [-0.15, -0.1) is 10.2 Å². The molecule has 1 aliphatic heterocycles. The first-order chi connectivity index (χ1) is 17.5. The SMILES string of the molecule is CC(C)C1CN(c2ccc(-c3ccc(C#N)nc3)nn2)CCN1C(=S)Nc1cccc2ncccc12. The summed E-state index contributed by atoms with van der Waals surface area (Å²) in [6.07, 6.45) is 3.45. The van der Waals surface area contributed by atoms with Crippen LogP contribution in [0.2, 0.25) is 0 Å². The topological polar surface area (TPSA) is 93.9 Å². The van der Waals surface area contributed by atoms with Gasteiger partial charge in [0.05, 0.1) is 17.3 Å². The second kappa shape index (κ2) is 10.2. The molecule has 36 heavy (non-hydrogen) atoms. The monoisotopic (exact) mass is 494 g/mol. The first-order valence-corrected chi connectivity index (χ1v) is 12.3. The maximum Gasteiger partial charge on any atom is 0.173 e. The Morgan fingerprint density at radius 1 is 1.06 bits per heavy atom. The van der Waals surface area contributed by atoms with E-state index in [9.17, 15) is 0 Å². The number of rotatable bonds is 4. The van der Waals surface area contributed by atoms with E-state index in [1.54, 1.807) is 18.5 Å². The van der Waals surface area contributed by atoms with Crippen LogP contribution < -0.4 is 10.2 Å². The van der Waals surface area contributed by atoms with Crippen LogP contribution in [0.15, 0.2) is 67.0 Å². The van der Waals surface area contributed by atoms with Crippen molar-refractivity contribution in [2.24, 2.45) is 5.92 Å². The van der Waals surface area contributed by atoms with Crippen LogP contribution >= 0.6 is 12.2 Å². The molecule has 1 unspecified atom stereocenters. The van der Waals surface area contributed by atoms with Gasteiger partial charge in [-0.3, -0.25) is 4.98 Å². The summed E-state index contributed by atoms with van der Waals surface area (Å²) in [5.41, 5.74) is 3.84. The Kier molecular flexibility index (Phi) is 6.69. The molecule has 0 aliphatic carbocycles. The Labute approximate surface area is 215 Å². The van der Waals surface area contributed by atoms with Gasteiger partial charge in [0.25, 0.3) is 0 Å². The zero-order chi connectivity index (χ0) is 25.1. The van der Waals surface area contributed by atoms with Crippen molar-refractivity contribution in [2.45, 2.75) is 19.9 Å². The summed E-state index contributed by atoms with van der Waals surface area (Å²) in [5.74, 6) is 1.23. The molecule has 0 spiro atoms. The van der Waals surface area contributed by atoms with E-state index in [-0.39, 0.29) is 6.04 Å². The quantitative estimate of drug-likeness (QED) is 0.412. The fourth-order valence-corrected chi connectivity index (χ4v) is 4.84. The van der Waals surface area contributed by atoms with Crippen molar-refractivity contribution >= 4 is 39.7 Å². The molecule has 4 aromatic rings. The van der Waals surface area contributed by atoms with Crippen molar-refractivity contribution in [3.8, 4) is 17.3 Å². The molecule has 1 atom stereocenters. The second-order valence-electron chi connectivity index (χ2n) is 9.08. The molecule has 0 saturated carbocycles. The Bertz CT molecular complexity index is 1410. The number of anilines is 2. The second-order valence-corrected chi connectivity index (χ2v) is 9.46. The van der Waals surface area contributed by atoms with Crippen molar-refractivity contribution in [3.63, 3.8) is 0 Å². The normalized spacial score (nSPS) is 15.7. The van der Waals surface area contributed by atoms with Gasteiger partial charge in [0.2, 0.25) is 0 Å². The summed E-state index contributed by atoms with van der Waals surface area (Å²) in [7, 11) is 0. The van der Waals surface area contributed by atoms with E-state index < -0.39 is 0 Å². The van der Waals surface area contributed by atoms with E-state index in [1.807, 2.05) is 48.5 Å².